The van der Waals surface area contributed by atoms with Crippen LogP contribution in [-0.4, -0.2) is 13.0 Å². The molecule has 0 aliphatic heterocycles. The molecule has 2 unspecified atom stereocenters. The maximum atomic E-state index is 11.9. The monoisotopic (exact) mass is 296 g/mol. The second kappa shape index (κ2) is 6.10. The van der Waals surface area contributed by atoms with Crippen molar-refractivity contribution in [3.63, 3.8) is 0 Å². The Morgan fingerprint density at radius 2 is 1.50 bits per heavy atom. The lowest BCUT2D eigenvalue weighted by atomic mass is 10.2. The van der Waals surface area contributed by atoms with Crippen LogP contribution >= 0.6 is 0 Å². The second-order valence-electron chi connectivity index (χ2n) is 5.74. The van der Waals surface area contributed by atoms with E-state index in [-0.39, 0.29) is 11.8 Å². The highest BCUT2D eigenvalue weighted by Gasteiger charge is 2.38. The van der Waals surface area contributed by atoms with Crippen LogP contribution in [0.25, 0.3) is 0 Å². The number of hydrogen-bond donors (Lipinski definition) is 2. The van der Waals surface area contributed by atoms with Gasteiger partial charge in [-0.05, 0) is 60.9 Å². The van der Waals surface area contributed by atoms with Gasteiger partial charge in [-0.2, -0.15) is 0 Å². The van der Waals surface area contributed by atoms with Crippen LogP contribution < -0.4 is 15.4 Å². The summed E-state index contributed by atoms with van der Waals surface area (Å²) in [6.07, 6.45) is 1.00. The fraction of sp³-hybridized carbons (Fsp3) is 0.278. The first kappa shape index (κ1) is 14.4. The lowest BCUT2D eigenvalue weighted by Gasteiger charge is -2.09. The molecule has 0 spiro atoms. The fourth-order valence-corrected chi connectivity index (χ4v) is 2.40. The van der Waals surface area contributed by atoms with E-state index < -0.39 is 0 Å². The summed E-state index contributed by atoms with van der Waals surface area (Å²) in [6.45, 7) is 2.10. The Balaban J connectivity index is 1.59. The number of carbonyl (C=O) groups excluding carboxylic acids is 1. The third-order valence-corrected chi connectivity index (χ3v) is 3.98. The van der Waals surface area contributed by atoms with E-state index in [1.54, 1.807) is 7.11 Å². The van der Waals surface area contributed by atoms with Crippen molar-refractivity contribution in [2.24, 2.45) is 11.8 Å². The maximum Gasteiger partial charge on any atom is 0.227 e. The molecule has 1 amide bonds. The van der Waals surface area contributed by atoms with Gasteiger partial charge in [0.1, 0.15) is 5.75 Å². The zero-order chi connectivity index (χ0) is 15.5. The summed E-state index contributed by atoms with van der Waals surface area (Å²) in [4.78, 5) is 11.9. The molecule has 1 fully saturated rings. The molecule has 0 heterocycles. The van der Waals surface area contributed by atoms with Crippen molar-refractivity contribution in [3.8, 4) is 5.75 Å². The summed E-state index contributed by atoms with van der Waals surface area (Å²) in [6, 6.07) is 15.5. The van der Waals surface area contributed by atoms with Crippen LogP contribution in [0.2, 0.25) is 0 Å². The molecule has 0 saturated heterocycles. The Bertz CT molecular complexity index is 650. The molecule has 2 atom stereocenters. The topological polar surface area (TPSA) is 50.4 Å². The molecule has 4 nitrogen and oxygen atoms in total. The zero-order valence-electron chi connectivity index (χ0n) is 12.8. The Morgan fingerprint density at radius 1 is 1.00 bits per heavy atom. The Morgan fingerprint density at radius 3 is 2.00 bits per heavy atom. The molecule has 1 aliphatic rings. The van der Waals surface area contributed by atoms with Gasteiger partial charge < -0.3 is 15.4 Å². The van der Waals surface area contributed by atoms with Crippen LogP contribution in [0, 0.1) is 11.8 Å². The standard InChI is InChI=1S/C18H20N2O2/c1-12-11-17(12)18(21)20-15-5-3-13(4-6-15)19-14-7-9-16(22-2)10-8-14/h3-10,12,17,19H,11H2,1-2H3,(H,20,21). The van der Waals surface area contributed by atoms with Crippen LogP contribution in [0.1, 0.15) is 13.3 Å². The third-order valence-electron chi connectivity index (χ3n) is 3.98. The van der Waals surface area contributed by atoms with Gasteiger partial charge in [-0.25, -0.2) is 0 Å². The summed E-state index contributed by atoms with van der Waals surface area (Å²) in [5.41, 5.74) is 2.80. The Hall–Kier alpha value is -2.49. The largest absolute Gasteiger partial charge is 0.497 e. The summed E-state index contributed by atoms with van der Waals surface area (Å²) < 4.78 is 5.14. The number of hydrogen-bond acceptors (Lipinski definition) is 3. The maximum absolute atomic E-state index is 11.9. The van der Waals surface area contributed by atoms with Crippen molar-refractivity contribution in [2.75, 3.05) is 17.7 Å². The van der Waals surface area contributed by atoms with Crippen molar-refractivity contribution in [1.29, 1.82) is 0 Å². The highest BCUT2D eigenvalue weighted by atomic mass is 16.5. The van der Waals surface area contributed by atoms with E-state index in [2.05, 4.69) is 17.6 Å². The average molecular weight is 296 g/mol. The van der Waals surface area contributed by atoms with Gasteiger partial charge in [-0.1, -0.05) is 6.92 Å². The van der Waals surface area contributed by atoms with E-state index in [0.29, 0.717) is 5.92 Å². The van der Waals surface area contributed by atoms with E-state index in [1.807, 2.05) is 48.5 Å². The van der Waals surface area contributed by atoms with E-state index in [1.165, 1.54) is 0 Å². The predicted octanol–water partition coefficient (Wildman–Crippen LogP) is 4.03. The molecule has 1 aliphatic carbocycles. The van der Waals surface area contributed by atoms with Gasteiger partial charge in [0, 0.05) is 23.0 Å². The van der Waals surface area contributed by atoms with Gasteiger partial charge in [-0.15, -0.1) is 0 Å². The average Bonchev–Trinajstić information content (AvgIpc) is 3.27. The molecule has 0 aromatic heterocycles. The van der Waals surface area contributed by atoms with E-state index in [0.717, 1.165) is 29.2 Å². The van der Waals surface area contributed by atoms with Gasteiger partial charge in [0.15, 0.2) is 0 Å². The van der Waals surface area contributed by atoms with Crippen molar-refractivity contribution in [1.82, 2.24) is 0 Å². The molecule has 4 heteroatoms. The summed E-state index contributed by atoms with van der Waals surface area (Å²) in [5.74, 6) is 1.68. The van der Waals surface area contributed by atoms with Crippen LogP contribution in [-0.2, 0) is 4.79 Å². The molecule has 2 aromatic carbocycles. The molecular formula is C18H20N2O2. The quantitative estimate of drug-likeness (QED) is 0.875. The van der Waals surface area contributed by atoms with E-state index in [9.17, 15) is 4.79 Å². The molecule has 1 saturated carbocycles. The molecule has 0 radical (unpaired) electrons. The first-order chi connectivity index (χ1) is 10.7. The van der Waals surface area contributed by atoms with Gasteiger partial charge in [-0.3, -0.25) is 4.79 Å². The summed E-state index contributed by atoms with van der Waals surface area (Å²) >= 11 is 0. The predicted molar refractivity (Wildman–Crippen MR) is 88.6 cm³/mol. The number of nitrogens with one attached hydrogen (secondary N) is 2. The number of anilines is 3. The van der Waals surface area contributed by atoms with E-state index >= 15 is 0 Å². The molecule has 3 rings (SSSR count). The van der Waals surface area contributed by atoms with Gasteiger partial charge in [0.05, 0.1) is 7.11 Å². The number of rotatable bonds is 5. The second-order valence-corrected chi connectivity index (χ2v) is 5.74. The minimum atomic E-state index is 0.128. The third kappa shape index (κ3) is 3.39. The van der Waals surface area contributed by atoms with Crippen molar-refractivity contribution in [3.05, 3.63) is 48.5 Å². The molecular weight excluding hydrogens is 276 g/mol. The SMILES string of the molecule is COc1ccc(Nc2ccc(NC(=O)C3CC3C)cc2)cc1. The lowest BCUT2D eigenvalue weighted by molar-refractivity contribution is -0.117. The lowest BCUT2D eigenvalue weighted by Crippen LogP contribution is -2.14. The number of ether oxygens (including phenoxy) is 1. The van der Waals surface area contributed by atoms with Crippen LogP contribution in [0.3, 0.4) is 0 Å². The molecule has 0 bridgehead atoms. The summed E-state index contributed by atoms with van der Waals surface area (Å²) in [7, 11) is 1.65. The highest BCUT2D eigenvalue weighted by Crippen LogP contribution is 2.38. The molecule has 2 aromatic rings. The van der Waals surface area contributed by atoms with Crippen LogP contribution in [0.5, 0.6) is 5.75 Å². The van der Waals surface area contributed by atoms with Crippen molar-refractivity contribution in [2.45, 2.75) is 13.3 Å². The van der Waals surface area contributed by atoms with E-state index in [4.69, 9.17) is 4.74 Å². The van der Waals surface area contributed by atoms with Gasteiger partial charge in [0.25, 0.3) is 0 Å². The zero-order valence-corrected chi connectivity index (χ0v) is 12.8. The van der Waals surface area contributed by atoms with Crippen LogP contribution in [0.15, 0.2) is 48.5 Å². The Labute approximate surface area is 130 Å². The minimum absolute atomic E-state index is 0.128. The van der Waals surface area contributed by atoms with Crippen LogP contribution in [0.4, 0.5) is 17.1 Å². The molecule has 22 heavy (non-hydrogen) atoms. The summed E-state index contributed by atoms with van der Waals surface area (Å²) in [5, 5.41) is 6.27. The number of methoxy groups -OCH3 is 1. The molecule has 114 valence electrons. The smallest absolute Gasteiger partial charge is 0.227 e. The highest BCUT2D eigenvalue weighted by molar-refractivity contribution is 5.94. The first-order valence-electron chi connectivity index (χ1n) is 7.48. The van der Waals surface area contributed by atoms with Gasteiger partial charge in [0.2, 0.25) is 5.91 Å². The normalized spacial score (nSPS) is 19.4. The fourth-order valence-electron chi connectivity index (χ4n) is 2.40. The molecule has 2 N–H and O–H groups in total. The van der Waals surface area contributed by atoms with Gasteiger partial charge >= 0.3 is 0 Å². The number of amides is 1. The van der Waals surface area contributed by atoms with Crippen molar-refractivity contribution < 1.29 is 9.53 Å². The number of carbonyl (C=O) groups is 1. The van der Waals surface area contributed by atoms with Crippen molar-refractivity contribution >= 4 is 23.0 Å². The Kier molecular flexibility index (Phi) is 4.00. The minimum Gasteiger partial charge on any atom is -0.497 e. The first-order valence-corrected chi connectivity index (χ1v) is 7.48. The number of benzene rings is 2.